The van der Waals surface area contributed by atoms with Crippen LogP contribution in [-0.2, 0) is 14.3 Å². The van der Waals surface area contributed by atoms with E-state index in [9.17, 15) is 9.18 Å². The van der Waals surface area contributed by atoms with Crippen LogP contribution in [0.15, 0.2) is 80.7 Å². The largest absolute Gasteiger partial charge is 0.497 e. The zero-order valence-electron chi connectivity index (χ0n) is 26.0. The zero-order chi connectivity index (χ0) is 34.0. The van der Waals surface area contributed by atoms with Crippen molar-refractivity contribution in [3.8, 4) is 11.5 Å². The summed E-state index contributed by atoms with van der Waals surface area (Å²) in [5.74, 6) is 1.11. The van der Waals surface area contributed by atoms with E-state index in [4.69, 9.17) is 38.8 Å². The Morgan fingerprint density at radius 1 is 1.09 bits per heavy atom. The van der Waals surface area contributed by atoms with E-state index in [1.54, 1.807) is 37.6 Å². The fourth-order valence-electron chi connectivity index (χ4n) is 4.23. The summed E-state index contributed by atoms with van der Waals surface area (Å²) in [5.41, 5.74) is 13.8. The van der Waals surface area contributed by atoms with E-state index in [0.29, 0.717) is 35.2 Å². The third kappa shape index (κ3) is 11.8. The van der Waals surface area contributed by atoms with Gasteiger partial charge in [-0.2, -0.15) is 5.10 Å². The lowest BCUT2D eigenvalue weighted by Crippen LogP contribution is -2.23. The highest BCUT2D eigenvalue weighted by Gasteiger charge is 2.25. The Hall–Kier alpha value is -4.89. The lowest BCUT2D eigenvalue weighted by atomic mass is 10.1. The van der Waals surface area contributed by atoms with Crippen LogP contribution in [0.1, 0.15) is 35.1 Å². The number of nitrogens with zero attached hydrogens (tertiary/aromatic N) is 4. The van der Waals surface area contributed by atoms with Gasteiger partial charge in [0.15, 0.2) is 11.3 Å². The molecule has 1 fully saturated rings. The molecule has 1 aliphatic heterocycles. The molecule has 0 aliphatic carbocycles. The van der Waals surface area contributed by atoms with Crippen LogP contribution in [0.2, 0.25) is 0 Å². The predicted molar refractivity (Wildman–Crippen MR) is 178 cm³/mol. The van der Waals surface area contributed by atoms with Gasteiger partial charge in [-0.15, -0.1) is 0 Å². The van der Waals surface area contributed by atoms with Crippen molar-refractivity contribution in [2.24, 2.45) is 25.8 Å². The number of nitrogens with one attached hydrogen (secondary N) is 1. The number of halogens is 3. The Balaban J connectivity index is 0.00000294. The minimum Gasteiger partial charge on any atom is -0.497 e. The van der Waals surface area contributed by atoms with Crippen molar-refractivity contribution in [2.45, 2.75) is 32.8 Å². The summed E-state index contributed by atoms with van der Waals surface area (Å²) >= 11 is 1.21. The van der Waals surface area contributed by atoms with Gasteiger partial charge < -0.3 is 24.7 Å². The van der Waals surface area contributed by atoms with Gasteiger partial charge in [-0.25, -0.2) is 24.2 Å². The normalized spacial score (nSPS) is 15.0. The first-order valence-corrected chi connectivity index (χ1v) is 15.2. The van der Waals surface area contributed by atoms with Gasteiger partial charge in [0.25, 0.3) is 0 Å². The molecule has 1 heterocycles. The molecule has 3 N–H and O–H groups in total. The molecular formula is C32H35F3N6O5S. The molecule has 1 atom stereocenters. The third-order valence-corrected chi connectivity index (χ3v) is 7.24. The number of nitrogens with two attached hydrogens (primary N) is 1. The number of hydrazone groups is 1. The number of rotatable bonds is 12. The number of amidine groups is 2. The molecule has 0 radical (unpaired) electrons. The molecule has 0 bridgehead atoms. The molecule has 0 saturated carbocycles. The van der Waals surface area contributed by atoms with Crippen LogP contribution in [-0.4, -0.2) is 62.1 Å². The van der Waals surface area contributed by atoms with Crippen LogP contribution in [0.4, 0.5) is 24.9 Å². The minimum absolute atomic E-state index is 0.0454. The summed E-state index contributed by atoms with van der Waals surface area (Å²) in [4.78, 5) is 25.5. The maximum absolute atomic E-state index is 12.3. The molecule has 0 amide bonds. The summed E-state index contributed by atoms with van der Waals surface area (Å²) in [6, 6.07) is 17.7. The molecule has 0 spiro atoms. The second kappa shape index (κ2) is 19.6. The van der Waals surface area contributed by atoms with E-state index in [1.807, 2.05) is 50.2 Å². The van der Waals surface area contributed by atoms with Gasteiger partial charge in [0.1, 0.15) is 29.6 Å². The van der Waals surface area contributed by atoms with Gasteiger partial charge in [-0.05, 0) is 91.5 Å². The number of aliphatic imine (C=N–C) groups is 3. The first-order valence-electron chi connectivity index (χ1n) is 14.2. The number of methoxy groups -OCH3 is 1. The van der Waals surface area contributed by atoms with E-state index in [2.05, 4.69) is 20.5 Å². The SMILES string of the molecule is COc1cc(C)c(N=C(N/N=C/c2ccc(C(N)=NC=Nc3ccc(OCF)cc3)cc2)SCOC(=O)C2CCCO2)c(C)c1.FF. The maximum atomic E-state index is 12.3. The highest BCUT2D eigenvalue weighted by molar-refractivity contribution is 8.13. The number of carbonyl (C=O) groups is 1. The van der Waals surface area contributed by atoms with Gasteiger partial charge in [-0.3, -0.25) is 5.43 Å². The second-order valence-electron chi connectivity index (χ2n) is 9.75. The van der Waals surface area contributed by atoms with E-state index in [0.717, 1.165) is 34.5 Å². The lowest BCUT2D eigenvalue weighted by molar-refractivity contribution is -0.151. The number of carbonyl (C=O) groups excluding carboxylic acids is 1. The van der Waals surface area contributed by atoms with Crippen molar-refractivity contribution in [3.63, 3.8) is 0 Å². The number of thioether (sulfide) groups is 1. The van der Waals surface area contributed by atoms with Gasteiger partial charge in [0.2, 0.25) is 6.86 Å². The van der Waals surface area contributed by atoms with Crippen LogP contribution < -0.4 is 20.6 Å². The van der Waals surface area contributed by atoms with Crippen molar-refractivity contribution in [3.05, 3.63) is 82.9 Å². The summed E-state index contributed by atoms with van der Waals surface area (Å²) in [6.07, 6.45) is 3.98. The molecule has 3 aromatic rings. The first-order chi connectivity index (χ1) is 22.9. The quantitative estimate of drug-likeness (QED) is 0.0726. The Labute approximate surface area is 274 Å². The highest BCUT2D eigenvalue weighted by Crippen LogP contribution is 2.29. The number of hydrogen-bond donors (Lipinski definition) is 2. The van der Waals surface area contributed by atoms with Crippen LogP contribution in [0.25, 0.3) is 0 Å². The average Bonchev–Trinajstić information content (AvgIpc) is 3.64. The fourth-order valence-corrected chi connectivity index (χ4v) is 4.79. The standard InChI is InChI=1S/C32H35FN6O5S.F2/c1-21-15-27(41-3)16-22(2)29(21)38-32(45-20-44-31(40)28-5-4-14-42-28)39-37-17-23-6-8-24(9-7-23)30(34)36-19-35-25-10-12-26(13-11-25)43-18-33;1-2/h6-13,15-17,19,28H,4-5,14,18,20H2,1-3H3,(H,38,39)(H2,34,35,36);/b37-17+;. The topological polar surface area (TPSA) is 141 Å². The monoisotopic (exact) mass is 672 g/mol. The Morgan fingerprint density at radius 3 is 2.40 bits per heavy atom. The van der Waals surface area contributed by atoms with Crippen molar-refractivity contribution >= 4 is 52.7 Å². The molecular weight excluding hydrogens is 637 g/mol. The molecule has 1 saturated heterocycles. The average molecular weight is 673 g/mol. The summed E-state index contributed by atoms with van der Waals surface area (Å²) < 4.78 is 49.2. The molecule has 15 heteroatoms. The fraction of sp³-hybridized carbons (Fsp3) is 0.281. The molecule has 47 heavy (non-hydrogen) atoms. The Morgan fingerprint density at radius 2 is 1.79 bits per heavy atom. The third-order valence-electron chi connectivity index (χ3n) is 6.54. The van der Waals surface area contributed by atoms with Crippen LogP contribution in [0.5, 0.6) is 11.5 Å². The maximum Gasteiger partial charge on any atom is 0.336 e. The Kier molecular flexibility index (Phi) is 15.2. The molecule has 0 aromatic heterocycles. The molecule has 3 aromatic carbocycles. The first kappa shape index (κ1) is 36.6. The van der Waals surface area contributed by atoms with E-state index < -0.39 is 13.0 Å². The molecule has 250 valence electrons. The van der Waals surface area contributed by atoms with Gasteiger partial charge in [-0.1, -0.05) is 24.3 Å². The lowest BCUT2D eigenvalue weighted by Gasteiger charge is -2.12. The van der Waals surface area contributed by atoms with E-state index >= 15 is 0 Å². The molecule has 4 rings (SSSR count). The minimum atomic E-state index is -0.890. The second-order valence-corrected chi connectivity index (χ2v) is 10.7. The van der Waals surface area contributed by atoms with Crippen molar-refractivity contribution in [1.29, 1.82) is 0 Å². The number of aryl methyl sites for hydroxylation is 2. The van der Waals surface area contributed by atoms with Crippen LogP contribution in [0, 0.1) is 13.8 Å². The van der Waals surface area contributed by atoms with Crippen molar-refractivity contribution < 1.29 is 37.3 Å². The number of esters is 1. The van der Waals surface area contributed by atoms with Crippen LogP contribution in [0.3, 0.4) is 0 Å². The van der Waals surface area contributed by atoms with Gasteiger partial charge in [0, 0.05) is 21.3 Å². The predicted octanol–water partition coefficient (Wildman–Crippen LogP) is 6.55. The number of ether oxygens (including phenoxy) is 4. The van der Waals surface area contributed by atoms with Crippen molar-refractivity contribution in [1.82, 2.24) is 5.43 Å². The smallest absolute Gasteiger partial charge is 0.336 e. The summed E-state index contributed by atoms with van der Waals surface area (Å²) in [6.45, 7) is 3.57. The highest BCUT2D eigenvalue weighted by atomic mass is 32.2. The van der Waals surface area contributed by atoms with E-state index in [-0.39, 0.29) is 17.7 Å². The molecule has 1 aliphatic rings. The number of hydrogen-bond acceptors (Lipinski definition) is 9. The summed E-state index contributed by atoms with van der Waals surface area (Å²) in [7, 11) is 1.62. The van der Waals surface area contributed by atoms with Gasteiger partial charge >= 0.3 is 5.97 Å². The zero-order valence-corrected chi connectivity index (χ0v) is 26.8. The number of benzene rings is 3. The molecule has 11 nitrogen and oxygen atoms in total. The molecule has 1 unspecified atom stereocenters. The van der Waals surface area contributed by atoms with Gasteiger partial charge in [0.05, 0.1) is 24.7 Å². The summed E-state index contributed by atoms with van der Waals surface area (Å²) in [5, 5.41) is 4.80. The number of alkyl halides is 1. The van der Waals surface area contributed by atoms with Crippen LogP contribution >= 0.6 is 11.8 Å². The van der Waals surface area contributed by atoms with Crippen molar-refractivity contribution in [2.75, 3.05) is 26.5 Å². The van der Waals surface area contributed by atoms with E-state index in [1.165, 1.54) is 18.1 Å². The Bertz CT molecular complexity index is 1540.